The van der Waals surface area contributed by atoms with Crippen LogP contribution in [0, 0.1) is 0 Å². The van der Waals surface area contributed by atoms with Crippen LogP contribution in [0.4, 0.5) is 5.69 Å². The third-order valence-corrected chi connectivity index (χ3v) is 4.44. The molecule has 116 valence electrons. The predicted octanol–water partition coefficient (Wildman–Crippen LogP) is 2.54. The number of anilines is 1. The molecule has 1 atom stereocenters. The van der Waals surface area contributed by atoms with Crippen LogP contribution in [0.25, 0.3) is 0 Å². The molecule has 4 rings (SSSR count). The molecule has 0 aromatic heterocycles. The van der Waals surface area contributed by atoms with Crippen molar-refractivity contribution in [2.24, 2.45) is 0 Å². The Morgan fingerprint density at radius 3 is 2.39 bits per heavy atom. The number of hydrogen-bond donors (Lipinski definition) is 1. The lowest BCUT2D eigenvalue weighted by Gasteiger charge is -2.25. The van der Waals surface area contributed by atoms with Crippen LogP contribution in [0.2, 0.25) is 0 Å². The Morgan fingerprint density at radius 1 is 0.957 bits per heavy atom. The molecule has 1 fully saturated rings. The summed E-state index contributed by atoms with van der Waals surface area (Å²) in [5.74, 6) is -0.167. The molecule has 1 N–H and O–H groups in total. The molecule has 0 saturated heterocycles. The number of nitrogens with zero attached hydrogens (tertiary/aromatic N) is 1. The summed E-state index contributed by atoms with van der Waals surface area (Å²) >= 11 is 0. The first-order valence-electron chi connectivity index (χ1n) is 8.01. The molecule has 4 nitrogen and oxygen atoms in total. The van der Waals surface area contributed by atoms with Crippen LogP contribution in [-0.2, 0) is 11.2 Å². The molecule has 4 heteroatoms. The van der Waals surface area contributed by atoms with E-state index in [9.17, 15) is 9.59 Å². The lowest BCUT2D eigenvalue weighted by Crippen LogP contribution is -2.48. The summed E-state index contributed by atoms with van der Waals surface area (Å²) < 4.78 is 0. The fraction of sp³-hybridized carbons (Fsp3) is 0.263. The Balaban J connectivity index is 1.69. The molecule has 1 heterocycles. The molecule has 0 bridgehead atoms. The van der Waals surface area contributed by atoms with Crippen LogP contribution >= 0.6 is 0 Å². The minimum absolute atomic E-state index is 0.0482. The van der Waals surface area contributed by atoms with Crippen molar-refractivity contribution in [3.63, 3.8) is 0 Å². The summed E-state index contributed by atoms with van der Waals surface area (Å²) in [7, 11) is 0. The summed E-state index contributed by atoms with van der Waals surface area (Å²) in [6.45, 7) is 0. The Morgan fingerprint density at radius 2 is 1.65 bits per heavy atom. The van der Waals surface area contributed by atoms with Gasteiger partial charge in [0.25, 0.3) is 5.91 Å². The number of rotatable bonds is 3. The number of carbonyl (C=O) groups excluding carboxylic acids is 2. The van der Waals surface area contributed by atoms with Gasteiger partial charge in [-0.1, -0.05) is 36.4 Å². The van der Waals surface area contributed by atoms with E-state index in [0.717, 1.165) is 24.1 Å². The Labute approximate surface area is 135 Å². The molecule has 0 radical (unpaired) electrons. The molecule has 23 heavy (non-hydrogen) atoms. The summed E-state index contributed by atoms with van der Waals surface area (Å²) in [6.07, 6.45) is 2.66. The third kappa shape index (κ3) is 2.61. The molecular formula is C19H18N2O2. The van der Waals surface area contributed by atoms with Gasteiger partial charge in [-0.2, -0.15) is 0 Å². The van der Waals surface area contributed by atoms with Crippen LogP contribution in [0.5, 0.6) is 0 Å². The van der Waals surface area contributed by atoms with Gasteiger partial charge in [0.05, 0.1) is 0 Å². The SMILES string of the molecule is O=C(NC1CC1)[C@H]1Cc2ccccc2N1C(=O)c1ccccc1. The van der Waals surface area contributed by atoms with E-state index < -0.39 is 6.04 Å². The topological polar surface area (TPSA) is 49.4 Å². The lowest BCUT2D eigenvalue weighted by atomic mass is 10.1. The Hall–Kier alpha value is -2.62. The molecule has 2 aliphatic rings. The van der Waals surface area contributed by atoms with Crippen LogP contribution in [0.15, 0.2) is 54.6 Å². The van der Waals surface area contributed by atoms with E-state index in [0.29, 0.717) is 18.0 Å². The zero-order chi connectivity index (χ0) is 15.8. The minimum atomic E-state index is -0.458. The molecule has 2 amide bonds. The van der Waals surface area contributed by atoms with Crippen LogP contribution in [-0.4, -0.2) is 23.9 Å². The first kappa shape index (κ1) is 14.0. The van der Waals surface area contributed by atoms with Crippen LogP contribution < -0.4 is 10.2 Å². The van der Waals surface area contributed by atoms with Gasteiger partial charge < -0.3 is 5.32 Å². The van der Waals surface area contributed by atoms with Crippen molar-refractivity contribution >= 4 is 17.5 Å². The van der Waals surface area contributed by atoms with E-state index in [-0.39, 0.29) is 11.8 Å². The monoisotopic (exact) mass is 306 g/mol. The smallest absolute Gasteiger partial charge is 0.259 e. The minimum Gasteiger partial charge on any atom is -0.352 e. The van der Waals surface area contributed by atoms with Crippen LogP contribution in [0.1, 0.15) is 28.8 Å². The van der Waals surface area contributed by atoms with Crippen LogP contribution in [0.3, 0.4) is 0 Å². The first-order chi connectivity index (χ1) is 11.2. The predicted molar refractivity (Wildman–Crippen MR) is 88.4 cm³/mol. The summed E-state index contributed by atoms with van der Waals surface area (Å²) in [6, 6.07) is 16.7. The number of amides is 2. The highest BCUT2D eigenvalue weighted by atomic mass is 16.2. The van der Waals surface area contributed by atoms with Crippen molar-refractivity contribution in [1.29, 1.82) is 0 Å². The van der Waals surface area contributed by atoms with E-state index in [1.165, 1.54) is 0 Å². The average molecular weight is 306 g/mol. The molecule has 0 unspecified atom stereocenters. The zero-order valence-electron chi connectivity index (χ0n) is 12.7. The highest BCUT2D eigenvalue weighted by Crippen LogP contribution is 2.34. The maximum Gasteiger partial charge on any atom is 0.259 e. The molecule has 1 saturated carbocycles. The van der Waals surface area contributed by atoms with Crippen molar-refractivity contribution in [1.82, 2.24) is 5.32 Å². The number of para-hydroxylation sites is 1. The van der Waals surface area contributed by atoms with Gasteiger partial charge >= 0.3 is 0 Å². The normalized spacial score (nSPS) is 19.3. The molecular weight excluding hydrogens is 288 g/mol. The van der Waals surface area contributed by atoms with E-state index in [4.69, 9.17) is 0 Å². The largest absolute Gasteiger partial charge is 0.352 e. The van der Waals surface area contributed by atoms with Gasteiger partial charge in [0.1, 0.15) is 6.04 Å². The van der Waals surface area contributed by atoms with Gasteiger partial charge in [-0.05, 0) is 36.6 Å². The maximum absolute atomic E-state index is 13.0. The van der Waals surface area contributed by atoms with Crippen molar-refractivity contribution in [2.75, 3.05) is 4.90 Å². The second-order valence-electron chi connectivity index (χ2n) is 6.17. The Bertz CT molecular complexity index is 753. The standard InChI is InChI=1S/C19H18N2O2/c22-18(20-15-10-11-15)17-12-14-8-4-5-9-16(14)21(17)19(23)13-6-2-1-3-7-13/h1-9,15,17H,10-12H2,(H,20,22)/t17-/m1/s1. The highest BCUT2D eigenvalue weighted by molar-refractivity contribution is 6.11. The quantitative estimate of drug-likeness (QED) is 0.947. The number of benzene rings is 2. The summed E-state index contributed by atoms with van der Waals surface area (Å²) in [5.41, 5.74) is 2.50. The zero-order valence-corrected chi connectivity index (χ0v) is 12.7. The summed E-state index contributed by atoms with van der Waals surface area (Å²) in [4.78, 5) is 27.2. The second kappa shape index (κ2) is 5.54. The van der Waals surface area contributed by atoms with Gasteiger partial charge in [0.15, 0.2) is 0 Å². The van der Waals surface area contributed by atoms with E-state index in [1.54, 1.807) is 17.0 Å². The number of nitrogens with one attached hydrogen (secondary N) is 1. The van der Waals surface area contributed by atoms with Crippen molar-refractivity contribution in [3.05, 3.63) is 65.7 Å². The third-order valence-electron chi connectivity index (χ3n) is 4.44. The molecule has 2 aromatic carbocycles. The highest BCUT2D eigenvalue weighted by Gasteiger charge is 2.40. The van der Waals surface area contributed by atoms with Gasteiger partial charge in [-0.25, -0.2) is 0 Å². The fourth-order valence-corrected chi connectivity index (χ4v) is 3.09. The van der Waals surface area contributed by atoms with Gasteiger partial charge in [-0.3, -0.25) is 14.5 Å². The van der Waals surface area contributed by atoms with E-state index in [1.807, 2.05) is 42.5 Å². The molecule has 2 aromatic rings. The van der Waals surface area contributed by atoms with Gasteiger partial charge in [-0.15, -0.1) is 0 Å². The lowest BCUT2D eigenvalue weighted by molar-refractivity contribution is -0.122. The van der Waals surface area contributed by atoms with Crippen molar-refractivity contribution in [3.8, 4) is 0 Å². The Kier molecular flexibility index (Phi) is 3.37. The first-order valence-corrected chi connectivity index (χ1v) is 8.01. The van der Waals surface area contributed by atoms with E-state index in [2.05, 4.69) is 5.32 Å². The van der Waals surface area contributed by atoms with Gasteiger partial charge in [0.2, 0.25) is 5.91 Å². The molecule has 1 aliphatic carbocycles. The van der Waals surface area contributed by atoms with Gasteiger partial charge in [0, 0.05) is 23.7 Å². The van der Waals surface area contributed by atoms with E-state index >= 15 is 0 Å². The number of fused-ring (bicyclic) bond motifs is 1. The summed E-state index contributed by atoms with van der Waals surface area (Å²) in [5, 5.41) is 3.03. The fourth-order valence-electron chi connectivity index (χ4n) is 3.09. The number of hydrogen-bond acceptors (Lipinski definition) is 2. The number of carbonyl (C=O) groups is 2. The van der Waals surface area contributed by atoms with Crippen molar-refractivity contribution in [2.45, 2.75) is 31.3 Å². The average Bonchev–Trinajstić information content (AvgIpc) is 3.31. The van der Waals surface area contributed by atoms with Crippen molar-refractivity contribution < 1.29 is 9.59 Å². The maximum atomic E-state index is 13.0. The molecule has 0 spiro atoms. The molecule has 1 aliphatic heterocycles. The second-order valence-corrected chi connectivity index (χ2v) is 6.17.